The Kier molecular flexibility index (Phi) is 6.21. The summed E-state index contributed by atoms with van der Waals surface area (Å²) in [6, 6.07) is 13.5. The molecule has 0 unspecified atom stereocenters. The van der Waals surface area contributed by atoms with Crippen LogP contribution in [0.4, 0.5) is 0 Å². The number of likely N-dealkylation sites (tertiary alicyclic amines) is 1. The summed E-state index contributed by atoms with van der Waals surface area (Å²) >= 11 is 0. The van der Waals surface area contributed by atoms with E-state index in [-0.39, 0.29) is 17.6 Å². The van der Waals surface area contributed by atoms with Crippen LogP contribution in [0.15, 0.2) is 54.9 Å². The molecule has 2 fully saturated rings. The standard InChI is InChI=1S/C25H30N4O3S/c30-25(27-12-5-2-6-13-27)23-18-26-29-16-11-22(17-24(23)29)21-9-14-28(15-10-21)33(31,32)19-20-7-3-1-4-8-20/h1,3-4,7-8,11,16-18,21H,2,5-6,9-10,12-15,19H2. The molecule has 4 heterocycles. The van der Waals surface area contributed by atoms with E-state index >= 15 is 0 Å². The number of carbonyl (C=O) groups is 1. The molecule has 2 aliphatic rings. The lowest BCUT2D eigenvalue weighted by Gasteiger charge is -2.31. The van der Waals surface area contributed by atoms with Crippen molar-refractivity contribution in [2.45, 2.75) is 43.8 Å². The second-order valence-corrected chi connectivity index (χ2v) is 11.1. The number of pyridine rings is 1. The molecule has 2 aliphatic heterocycles. The quantitative estimate of drug-likeness (QED) is 0.575. The summed E-state index contributed by atoms with van der Waals surface area (Å²) in [6.07, 6.45) is 8.43. The van der Waals surface area contributed by atoms with E-state index in [1.165, 1.54) is 6.42 Å². The predicted molar refractivity (Wildman–Crippen MR) is 128 cm³/mol. The number of nitrogens with zero attached hydrogens (tertiary/aromatic N) is 4. The van der Waals surface area contributed by atoms with Crippen LogP contribution in [0.25, 0.3) is 5.52 Å². The predicted octanol–water partition coefficient (Wildman–Crippen LogP) is 3.67. The first kappa shape index (κ1) is 22.1. The van der Waals surface area contributed by atoms with Crippen molar-refractivity contribution in [3.63, 3.8) is 0 Å². The molecule has 5 rings (SSSR count). The maximum Gasteiger partial charge on any atom is 0.257 e. The lowest BCUT2D eigenvalue weighted by Crippen LogP contribution is -2.38. The van der Waals surface area contributed by atoms with Gasteiger partial charge in [-0.2, -0.15) is 5.10 Å². The van der Waals surface area contributed by atoms with Crippen LogP contribution in [0.1, 0.15) is 59.5 Å². The number of sulfonamides is 1. The van der Waals surface area contributed by atoms with E-state index in [1.54, 1.807) is 15.0 Å². The van der Waals surface area contributed by atoms with Gasteiger partial charge in [0, 0.05) is 32.4 Å². The van der Waals surface area contributed by atoms with Gasteiger partial charge in [-0.15, -0.1) is 0 Å². The van der Waals surface area contributed by atoms with Gasteiger partial charge in [0.2, 0.25) is 10.0 Å². The van der Waals surface area contributed by atoms with Gasteiger partial charge in [0.05, 0.1) is 23.0 Å². The third-order valence-electron chi connectivity index (χ3n) is 6.93. The van der Waals surface area contributed by atoms with Crippen molar-refractivity contribution in [3.8, 4) is 0 Å². The number of rotatable bonds is 5. The van der Waals surface area contributed by atoms with E-state index in [0.717, 1.165) is 55.4 Å². The van der Waals surface area contributed by atoms with Gasteiger partial charge in [0.1, 0.15) is 0 Å². The van der Waals surface area contributed by atoms with Gasteiger partial charge < -0.3 is 4.90 Å². The average Bonchev–Trinajstić information content (AvgIpc) is 3.28. The van der Waals surface area contributed by atoms with E-state index in [0.29, 0.717) is 18.7 Å². The number of hydrogen-bond donors (Lipinski definition) is 0. The molecule has 0 spiro atoms. The number of fused-ring (bicyclic) bond motifs is 1. The van der Waals surface area contributed by atoms with Gasteiger partial charge in [-0.05, 0) is 61.3 Å². The summed E-state index contributed by atoms with van der Waals surface area (Å²) in [5, 5.41) is 4.39. The molecule has 2 aromatic heterocycles. The Labute approximate surface area is 195 Å². The van der Waals surface area contributed by atoms with Gasteiger partial charge in [-0.25, -0.2) is 17.2 Å². The monoisotopic (exact) mass is 466 g/mol. The van der Waals surface area contributed by atoms with Crippen LogP contribution in [0.3, 0.4) is 0 Å². The van der Waals surface area contributed by atoms with Crippen LogP contribution in [-0.4, -0.2) is 59.3 Å². The smallest absolute Gasteiger partial charge is 0.257 e. The van der Waals surface area contributed by atoms with E-state index in [4.69, 9.17) is 0 Å². The summed E-state index contributed by atoms with van der Waals surface area (Å²) in [5.74, 6) is 0.372. The fourth-order valence-electron chi connectivity index (χ4n) is 5.03. The largest absolute Gasteiger partial charge is 0.339 e. The van der Waals surface area contributed by atoms with E-state index in [9.17, 15) is 13.2 Å². The Morgan fingerprint density at radius 2 is 1.70 bits per heavy atom. The average molecular weight is 467 g/mol. The molecular formula is C25H30N4O3S. The Balaban J connectivity index is 1.29. The van der Waals surface area contributed by atoms with Crippen molar-refractivity contribution in [2.24, 2.45) is 0 Å². The van der Waals surface area contributed by atoms with Crippen molar-refractivity contribution in [1.29, 1.82) is 0 Å². The minimum atomic E-state index is -3.33. The fraction of sp³-hybridized carbons (Fsp3) is 0.440. The number of piperidine rings is 2. The zero-order valence-electron chi connectivity index (χ0n) is 18.8. The Morgan fingerprint density at radius 1 is 0.970 bits per heavy atom. The molecule has 0 bridgehead atoms. The fourth-order valence-corrected chi connectivity index (χ4v) is 6.59. The van der Waals surface area contributed by atoms with Crippen LogP contribution in [0.2, 0.25) is 0 Å². The van der Waals surface area contributed by atoms with Crippen molar-refractivity contribution in [1.82, 2.24) is 18.8 Å². The maximum atomic E-state index is 13.1. The normalized spacial score (nSPS) is 18.6. The molecule has 33 heavy (non-hydrogen) atoms. The summed E-state index contributed by atoms with van der Waals surface area (Å²) in [7, 11) is -3.33. The van der Waals surface area contributed by atoms with Crippen LogP contribution >= 0.6 is 0 Å². The van der Waals surface area contributed by atoms with E-state index in [1.807, 2.05) is 47.5 Å². The van der Waals surface area contributed by atoms with Crippen molar-refractivity contribution < 1.29 is 13.2 Å². The Hall–Kier alpha value is -2.71. The summed E-state index contributed by atoms with van der Waals surface area (Å²) in [6.45, 7) is 2.66. The van der Waals surface area contributed by atoms with Crippen LogP contribution < -0.4 is 0 Å². The third kappa shape index (κ3) is 4.68. The lowest BCUT2D eigenvalue weighted by molar-refractivity contribution is 0.0726. The summed E-state index contributed by atoms with van der Waals surface area (Å²) in [5.41, 5.74) is 3.45. The highest BCUT2D eigenvalue weighted by molar-refractivity contribution is 7.88. The zero-order chi connectivity index (χ0) is 22.8. The lowest BCUT2D eigenvalue weighted by atomic mass is 9.90. The van der Waals surface area contributed by atoms with Crippen LogP contribution in [0, 0.1) is 0 Å². The Morgan fingerprint density at radius 3 is 2.42 bits per heavy atom. The van der Waals surface area contributed by atoms with Crippen LogP contribution in [0.5, 0.6) is 0 Å². The number of carbonyl (C=O) groups excluding carboxylic acids is 1. The molecule has 7 nitrogen and oxygen atoms in total. The molecule has 2 saturated heterocycles. The number of benzene rings is 1. The van der Waals surface area contributed by atoms with Gasteiger partial charge in [0.15, 0.2) is 0 Å². The van der Waals surface area contributed by atoms with Crippen molar-refractivity contribution in [3.05, 3.63) is 71.5 Å². The van der Waals surface area contributed by atoms with E-state index < -0.39 is 10.0 Å². The number of amides is 1. The molecule has 0 N–H and O–H groups in total. The van der Waals surface area contributed by atoms with Crippen LogP contribution in [-0.2, 0) is 15.8 Å². The molecule has 1 amide bonds. The highest BCUT2D eigenvalue weighted by atomic mass is 32.2. The molecule has 0 aliphatic carbocycles. The van der Waals surface area contributed by atoms with Crippen molar-refractivity contribution >= 4 is 21.4 Å². The van der Waals surface area contributed by atoms with Gasteiger partial charge >= 0.3 is 0 Å². The molecule has 0 radical (unpaired) electrons. The van der Waals surface area contributed by atoms with E-state index in [2.05, 4.69) is 11.2 Å². The van der Waals surface area contributed by atoms with Gasteiger partial charge in [0.25, 0.3) is 5.91 Å². The molecule has 0 saturated carbocycles. The van der Waals surface area contributed by atoms with Gasteiger partial charge in [-0.1, -0.05) is 30.3 Å². The molecule has 3 aromatic rings. The second-order valence-electron chi connectivity index (χ2n) is 9.12. The van der Waals surface area contributed by atoms with Gasteiger partial charge in [-0.3, -0.25) is 4.79 Å². The van der Waals surface area contributed by atoms with Crippen molar-refractivity contribution in [2.75, 3.05) is 26.2 Å². The first-order valence-corrected chi connectivity index (χ1v) is 13.4. The minimum Gasteiger partial charge on any atom is -0.339 e. The highest BCUT2D eigenvalue weighted by Gasteiger charge is 2.29. The molecule has 8 heteroatoms. The third-order valence-corrected chi connectivity index (χ3v) is 8.78. The topological polar surface area (TPSA) is 75.0 Å². The first-order valence-electron chi connectivity index (χ1n) is 11.8. The Bertz CT molecular complexity index is 1230. The zero-order valence-corrected chi connectivity index (χ0v) is 19.6. The molecule has 174 valence electrons. The molecular weight excluding hydrogens is 436 g/mol. The summed E-state index contributed by atoms with van der Waals surface area (Å²) in [4.78, 5) is 15.0. The molecule has 0 atom stereocenters. The SMILES string of the molecule is O=C(c1cnn2ccc(C3CCN(S(=O)(=O)Cc4ccccc4)CC3)cc12)N1CCCCC1. The molecule has 1 aromatic carbocycles. The first-order chi connectivity index (χ1) is 16.0. The second kappa shape index (κ2) is 9.27. The number of hydrogen-bond acceptors (Lipinski definition) is 4. The number of aromatic nitrogens is 2. The highest BCUT2D eigenvalue weighted by Crippen LogP contribution is 2.31. The maximum absolute atomic E-state index is 13.1. The summed E-state index contributed by atoms with van der Waals surface area (Å²) < 4.78 is 29.1. The minimum absolute atomic E-state index is 0.0439.